The van der Waals surface area contributed by atoms with E-state index in [-0.39, 0.29) is 0 Å². The summed E-state index contributed by atoms with van der Waals surface area (Å²) in [4.78, 5) is 9.79. The smallest absolute Gasteiger partial charge is 0.0979 e. The van der Waals surface area contributed by atoms with Gasteiger partial charge in [0.1, 0.15) is 0 Å². The van der Waals surface area contributed by atoms with Crippen molar-refractivity contribution in [1.29, 1.82) is 0 Å². The molecule has 30 heavy (non-hydrogen) atoms. The van der Waals surface area contributed by atoms with Crippen molar-refractivity contribution in [1.82, 2.24) is 9.97 Å². The van der Waals surface area contributed by atoms with Gasteiger partial charge in [0.15, 0.2) is 0 Å². The van der Waals surface area contributed by atoms with Crippen molar-refractivity contribution < 1.29 is 0 Å². The largest absolute Gasteiger partial charge is 0.244 e. The van der Waals surface area contributed by atoms with Crippen LogP contribution in [-0.4, -0.2) is 9.97 Å². The van der Waals surface area contributed by atoms with Gasteiger partial charge in [-0.1, -0.05) is 116 Å². The van der Waals surface area contributed by atoms with Gasteiger partial charge in [-0.15, -0.1) is 0 Å². The second-order valence-corrected chi connectivity index (χ2v) is 5.50. The molecule has 0 fully saturated rings. The minimum atomic E-state index is 0.940. The SMILES string of the molecule is CC.CC.CC.CC.c1ccc2nc3c4ccccc4c4ccccc4c3nc2c1. The summed E-state index contributed by atoms with van der Waals surface area (Å²) in [6, 6.07) is 24.9. The van der Waals surface area contributed by atoms with E-state index in [1.54, 1.807) is 0 Å². The van der Waals surface area contributed by atoms with E-state index in [0.717, 1.165) is 32.8 Å². The van der Waals surface area contributed by atoms with Crippen molar-refractivity contribution in [3.05, 3.63) is 72.8 Å². The third kappa shape index (κ3) is 4.94. The predicted octanol–water partition coefficient (Wildman–Crippen LogP) is 9.19. The maximum absolute atomic E-state index is 4.89. The average Bonchev–Trinajstić information content (AvgIpc) is 2.88. The minimum Gasteiger partial charge on any atom is -0.244 e. The van der Waals surface area contributed by atoms with Crippen LogP contribution in [0.1, 0.15) is 55.4 Å². The molecule has 0 spiro atoms. The van der Waals surface area contributed by atoms with Crippen LogP contribution in [0.25, 0.3) is 43.6 Å². The van der Waals surface area contributed by atoms with Gasteiger partial charge in [0.2, 0.25) is 0 Å². The monoisotopic (exact) mass is 400 g/mol. The minimum absolute atomic E-state index is 0.940. The molecule has 0 saturated heterocycles. The molecule has 0 atom stereocenters. The van der Waals surface area contributed by atoms with E-state index in [1.807, 2.05) is 79.7 Å². The Kier molecular flexibility index (Phi) is 11.1. The van der Waals surface area contributed by atoms with Gasteiger partial charge in [-0.2, -0.15) is 0 Å². The topological polar surface area (TPSA) is 25.8 Å². The summed E-state index contributed by atoms with van der Waals surface area (Å²) in [5.41, 5.74) is 3.84. The second kappa shape index (κ2) is 13.3. The molecule has 0 aliphatic rings. The Morgan fingerprint density at radius 1 is 0.367 bits per heavy atom. The third-order valence-electron chi connectivity index (χ3n) is 4.23. The highest BCUT2D eigenvalue weighted by Gasteiger charge is 2.11. The van der Waals surface area contributed by atoms with Gasteiger partial charge in [-0.05, 0) is 22.9 Å². The van der Waals surface area contributed by atoms with Crippen LogP contribution in [0, 0.1) is 0 Å². The lowest BCUT2D eigenvalue weighted by molar-refractivity contribution is 1.42. The van der Waals surface area contributed by atoms with Gasteiger partial charge >= 0.3 is 0 Å². The van der Waals surface area contributed by atoms with Crippen molar-refractivity contribution in [3.63, 3.8) is 0 Å². The first-order valence-corrected chi connectivity index (χ1v) is 11.4. The van der Waals surface area contributed by atoms with Crippen LogP contribution in [0.2, 0.25) is 0 Å². The van der Waals surface area contributed by atoms with Crippen LogP contribution >= 0.6 is 0 Å². The molecule has 0 unspecified atom stereocenters. The Hall–Kier alpha value is -3.00. The summed E-state index contributed by atoms with van der Waals surface area (Å²) in [6.45, 7) is 16.0. The molecule has 0 amide bonds. The molecule has 0 aliphatic heterocycles. The van der Waals surface area contributed by atoms with Gasteiger partial charge < -0.3 is 0 Å². The van der Waals surface area contributed by atoms with Crippen LogP contribution in [0.3, 0.4) is 0 Å². The van der Waals surface area contributed by atoms with Crippen molar-refractivity contribution in [2.45, 2.75) is 55.4 Å². The molecule has 1 heterocycles. The summed E-state index contributed by atoms with van der Waals surface area (Å²) >= 11 is 0. The molecule has 5 aromatic rings. The normalized spacial score (nSPS) is 9.33. The van der Waals surface area contributed by atoms with Crippen LogP contribution in [0.5, 0.6) is 0 Å². The lowest BCUT2D eigenvalue weighted by Gasteiger charge is -2.09. The van der Waals surface area contributed by atoms with Crippen molar-refractivity contribution >= 4 is 43.6 Å². The second-order valence-electron chi connectivity index (χ2n) is 5.50. The molecule has 0 N–H and O–H groups in total. The summed E-state index contributed by atoms with van der Waals surface area (Å²) in [5.74, 6) is 0. The van der Waals surface area contributed by atoms with Crippen LogP contribution in [-0.2, 0) is 0 Å². The maximum Gasteiger partial charge on any atom is 0.0979 e. The van der Waals surface area contributed by atoms with E-state index in [2.05, 4.69) is 48.5 Å². The molecule has 0 saturated carbocycles. The molecule has 158 valence electrons. The van der Waals surface area contributed by atoms with E-state index in [4.69, 9.17) is 9.97 Å². The molecule has 0 aliphatic carbocycles. The molecule has 0 bridgehead atoms. The summed E-state index contributed by atoms with van der Waals surface area (Å²) in [5, 5.41) is 4.79. The fourth-order valence-corrected chi connectivity index (χ4v) is 3.22. The Bertz CT molecular complexity index is 1080. The number of aromatic nitrogens is 2. The molecule has 5 rings (SSSR count). The number of hydrogen-bond acceptors (Lipinski definition) is 2. The van der Waals surface area contributed by atoms with Crippen LogP contribution < -0.4 is 0 Å². The number of fused-ring (bicyclic) bond motifs is 7. The average molecular weight is 401 g/mol. The molecule has 2 heteroatoms. The summed E-state index contributed by atoms with van der Waals surface area (Å²) in [6.07, 6.45) is 0. The lowest BCUT2D eigenvalue weighted by Crippen LogP contribution is -1.90. The zero-order valence-electron chi connectivity index (χ0n) is 19.8. The first kappa shape index (κ1) is 25.0. The van der Waals surface area contributed by atoms with Crippen LogP contribution in [0.4, 0.5) is 0 Å². The number of para-hydroxylation sites is 2. The molecule has 0 radical (unpaired) electrons. The molecule has 2 nitrogen and oxygen atoms in total. The Morgan fingerprint density at radius 3 is 0.967 bits per heavy atom. The van der Waals surface area contributed by atoms with Gasteiger partial charge in [0, 0.05) is 10.8 Å². The quantitative estimate of drug-likeness (QED) is 0.191. The highest BCUT2D eigenvalue weighted by molar-refractivity contribution is 6.23. The number of benzene rings is 4. The van der Waals surface area contributed by atoms with Gasteiger partial charge in [0.05, 0.1) is 22.1 Å². The Labute approximate surface area is 182 Å². The molecular formula is C28H36N2. The zero-order chi connectivity index (χ0) is 22.5. The van der Waals surface area contributed by atoms with Crippen LogP contribution in [0.15, 0.2) is 72.8 Å². The predicted molar refractivity (Wildman–Crippen MR) is 137 cm³/mol. The Balaban J connectivity index is 0.000000509. The first-order valence-electron chi connectivity index (χ1n) is 11.4. The van der Waals surface area contributed by atoms with Crippen molar-refractivity contribution in [3.8, 4) is 0 Å². The first-order chi connectivity index (χ1) is 14.9. The lowest BCUT2D eigenvalue weighted by atomic mass is 9.99. The fourth-order valence-electron chi connectivity index (χ4n) is 3.22. The highest BCUT2D eigenvalue weighted by atomic mass is 14.8. The van der Waals surface area contributed by atoms with Crippen molar-refractivity contribution in [2.24, 2.45) is 0 Å². The van der Waals surface area contributed by atoms with E-state index < -0.39 is 0 Å². The third-order valence-corrected chi connectivity index (χ3v) is 4.23. The Morgan fingerprint density at radius 2 is 0.633 bits per heavy atom. The molecule has 1 aromatic heterocycles. The van der Waals surface area contributed by atoms with E-state index in [0.29, 0.717) is 0 Å². The molecule has 4 aromatic carbocycles. The van der Waals surface area contributed by atoms with Gasteiger partial charge in [-0.25, -0.2) is 9.97 Å². The molecular weight excluding hydrogens is 364 g/mol. The van der Waals surface area contributed by atoms with E-state index >= 15 is 0 Å². The summed E-state index contributed by atoms with van der Waals surface area (Å²) < 4.78 is 0. The highest BCUT2D eigenvalue weighted by Crippen LogP contribution is 2.33. The van der Waals surface area contributed by atoms with Gasteiger partial charge in [0.25, 0.3) is 0 Å². The number of rotatable bonds is 0. The standard InChI is InChI=1S/C20H12N2.4C2H6/c1-3-9-15-13(7-1)14-8-2-4-10-16(14)20-19(15)21-17-11-5-6-12-18(17)22-20;4*1-2/h1-12H;4*1-2H3. The fraction of sp³-hybridized carbons (Fsp3) is 0.286. The number of nitrogens with zero attached hydrogens (tertiary/aromatic N) is 2. The summed E-state index contributed by atoms with van der Waals surface area (Å²) in [7, 11) is 0. The van der Waals surface area contributed by atoms with Gasteiger partial charge in [-0.3, -0.25) is 0 Å². The number of hydrogen-bond donors (Lipinski definition) is 0. The maximum atomic E-state index is 4.89. The van der Waals surface area contributed by atoms with Crippen molar-refractivity contribution in [2.75, 3.05) is 0 Å². The van der Waals surface area contributed by atoms with E-state index in [9.17, 15) is 0 Å². The van der Waals surface area contributed by atoms with E-state index in [1.165, 1.54) is 10.8 Å². The zero-order valence-corrected chi connectivity index (χ0v) is 19.8.